The normalized spacial score (nSPS) is 15.7. The molecule has 1 saturated heterocycles. The molecular weight excluding hydrogens is 214 g/mol. The lowest BCUT2D eigenvalue weighted by Crippen LogP contribution is -2.48. The molecule has 1 fully saturated rings. The van der Waals surface area contributed by atoms with E-state index in [2.05, 4.69) is 22.1 Å². The van der Waals surface area contributed by atoms with Crippen molar-refractivity contribution in [2.24, 2.45) is 5.92 Å². The monoisotopic (exact) mass is 235 g/mol. The summed E-state index contributed by atoms with van der Waals surface area (Å²) < 4.78 is 2.17. The summed E-state index contributed by atoms with van der Waals surface area (Å²) in [6.45, 7) is 9.89. The predicted octanol–water partition coefficient (Wildman–Crippen LogP) is 1.07. The lowest BCUT2D eigenvalue weighted by atomic mass is 10.0. The molecule has 17 heavy (non-hydrogen) atoms. The zero-order valence-electron chi connectivity index (χ0n) is 10.8. The molecule has 0 unspecified atom stereocenters. The van der Waals surface area contributed by atoms with Gasteiger partial charge in [0.1, 0.15) is 0 Å². The van der Waals surface area contributed by atoms with Crippen molar-refractivity contribution < 1.29 is 4.79 Å². The maximum Gasteiger partial charge on any atom is 0.253 e. The van der Waals surface area contributed by atoms with Crippen molar-refractivity contribution in [1.82, 2.24) is 15.2 Å². The Balaban J connectivity index is 2.02. The summed E-state index contributed by atoms with van der Waals surface area (Å²) in [4.78, 5) is 12.0. The molecule has 4 heteroatoms. The van der Waals surface area contributed by atoms with Crippen molar-refractivity contribution in [2.45, 2.75) is 27.3 Å². The van der Waals surface area contributed by atoms with Gasteiger partial charge < -0.3 is 15.2 Å². The molecule has 2 heterocycles. The molecule has 0 spiro atoms. The lowest BCUT2D eigenvalue weighted by molar-refractivity contribution is 0.0941. The molecule has 2 N–H and O–H groups in total. The van der Waals surface area contributed by atoms with Crippen LogP contribution in [0, 0.1) is 19.8 Å². The van der Waals surface area contributed by atoms with Crippen LogP contribution in [0.5, 0.6) is 0 Å². The van der Waals surface area contributed by atoms with Crippen molar-refractivity contribution >= 4 is 5.91 Å². The first-order chi connectivity index (χ1) is 8.13. The second-order valence-corrected chi connectivity index (χ2v) is 4.76. The van der Waals surface area contributed by atoms with Crippen LogP contribution in [0.4, 0.5) is 0 Å². The van der Waals surface area contributed by atoms with Gasteiger partial charge in [-0.15, -0.1) is 0 Å². The van der Waals surface area contributed by atoms with Crippen molar-refractivity contribution in [3.05, 3.63) is 23.0 Å². The van der Waals surface area contributed by atoms with E-state index >= 15 is 0 Å². The Kier molecular flexibility index (Phi) is 3.52. The Morgan fingerprint density at radius 2 is 2.24 bits per heavy atom. The average Bonchev–Trinajstić information content (AvgIpc) is 2.51. The molecule has 0 aromatic carbocycles. The van der Waals surface area contributed by atoms with Gasteiger partial charge >= 0.3 is 0 Å². The van der Waals surface area contributed by atoms with Crippen LogP contribution in [0.25, 0.3) is 0 Å². The molecule has 1 amide bonds. The summed E-state index contributed by atoms with van der Waals surface area (Å²) in [5, 5.41) is 6.22. The smallest absolute Gasteiger partial charge is 0.253 e. The van der Waals surface area contributed by atoms with Gasteiger partial charge in [-0.2, -0.15) is 0 Å². The number of rotatable bonds is 4. The van der Waals surface area contributed by atoms with Crippen LogP contribution >= 0.6 is 0 Å². The van der Waals surface area contributed by atoms with Gasteiger partial charge in [0.2, 0.25) is 0 Å². The number of nitrogens with one attached hydrogen (secondary N) is 2. The van der Waals surface area contributed by atoms with E-state index in [1.807, 2.05) is 19.9 Å². The lowest BCUT2D eigenvalue weighted by Gasteiger charge is -2.27. The number of amides is 1. The molecule has 0 radical (unpaired) electrons. The number of hydrogen-bond donors (Lipinski definition) is 2. The second kappa shape index (κ2) is 4.92. The van der Waals surface area contributed by atoms with Crippen LogP contribution in [0.2, 0.25) is 0 Å². The van der Waals surface area contributed by atoms with E-state index in [0.29, 0.717) is 5.92 Å². The zero-order chi connectivity index (χ0) is 12.4. The molecule has 0 atom stereocenters. The fourth-order valence-electron chi connectivity index (χ4n) is 2.34. The summed E-state index contributed by atoms with van der Waals surface area (Å²) in [5.41, 5.74) is 3.03. The van der Waals surface area contributed by atoms with E-state index in [4.69, 9.17) is 0 Å². The van der Waals surface area contributed by atoms with Gasteiger partial charge in [0.25, 0.3) is 5.91 Å². The molecule has 0 aliphatic carbocycles. The highest BCUT2D eigenvalue weighted by atomic mass is 16.1. The summed E-state index contributed by atoms with van der Waals surface area (Å²) in [7, 11) is 0. The topological polar surface area (TPSA) is 46.1 Å². The molecule has 1 aromatic heterocycles. The third kappa shape index (κ3) is 2.36. The minimum Gasteiger partial charge on any atom is -0.352 e. The molecule has 1 aliphatic rings. The highest BCUT2D eigenvalue weighted by Crippen LogP contribution is 2.15. The number of carbonyl (C=O) groups is 1. The van der Waals surface area contributed by atoms with E-state index in [-0.39, 0.29) is 5.91 Å². The fraction of sp³-hybridized carbons (Fsp3) is 0.615. The molecule has 2 rings (SSSR count). The minimum absolute atomic E-state index is 0.0599. The van der Waals surface area contributed by atoms with Crippen molar-refractivity contribution in [3.63, 3.8) is 0 Å². The third-order valence-electron chi connectivity index (χ3n) is 3.55. The SMILES string of the molecule is CCn1c(C)cc(C(=O)NCC2CNC2)c1C. The second-order valence-electron chi connectivity index (χ2n) is 4.76. The Labute approximate surface area is 102 Å². The van der Waals surface area contributed by atoms with Crippen LogP contribution in [-0.2, 0) is 6.54 Å². The van der Waals surface area contributed by atoms with Crippen LogP contribution in [0.3, 0.4) is 0 Å². The van der Waals surface area contributed by atoms with Gasteiger partial charge in [-0.05, 0) is 26.8 Å². The number of hydrogen-bond acceptors (Lipinski definition) is 2. The van der Waals surface area contributed by atoms with E-state index in [0.717, 1.165) is 43.1 Å². The quantitative estimate of drug-likeness (QED) is 0.820. The first-order valence-corrected chi connectivity index (χ1v) is 6.29. The maximum absolute atomic E-state index is 12.0. The van der Waals surface area contributed by atoms with Gasteiger partial charge in [-0.3, -0.25) is 4.79 Å². The van der Waals surface area contributed by atoms with E-state index in [1.165, 1.54) is 0 Å². The fourth-order valence-corrected chi connectivity index (χ4v) is 2.34. The first-order valence-electron chi connectivity index (χ1n) is 6.29. The standard InChI is InChI=1S/C13H21N3O/c1-4-16-9(2)5-12(10(16)3)13(17)15-8-11-6-14-7-11/h5,11,14H,4,6-8H2,1-3H3,(H,15,17). The number of aromatic nitrogens is 1. The molecule has 4 nitrogen and oxygen atoms in total. The van der Waals surface area contributed by atoms with Crippen molar-refractivity contribution in [3.8, 4) is 0 Å². The predicted molar refractivity (Wildman–Crippen MR) is 68.3 cm³/mol. The average molecular weight is 235 g/mol. The molecule has 0 saturated carbocycles. The summed E-state index contributed by atoms with van der Waals surface area (Å²) in [6.07, 6.45) is 0. The Hall–Kier alpha value is -1.29. The van der Waals surface area contributed by atoms with Crippen LogP contribution in [0.1, 0.15) is 28.7 Å². The molecular formula is C13H21N3O. The highest BCUT2D eigenvalue weighted by Gasteiger charge is 2.19. The number of aryl methyl sites for hydroxylation is 1. The van der Waals surface area contributed by atoms with Crippen molar-refractivity contribution in [1.29, 1.82) is 0 Å². The van der Waals surface area contributed by atoms with Gasteiger partial charge in [0.05, 0.1) is 5.56 Å². The number of nitrogens with zero attached hydrogens (tertiary/aromatic N) is 1. The summed E-state index contributed by atoms with van der Waals surface area (Å²) in [6, 6.07) is 1.98. The van der Waals surface area contributed by atoms with Gasteiger partial charge in [0.15, 0.2) is 0 Å². The molecule has 1 aliphatic heterocycles. The maximum atomic E-state index is 12.0. The first kappa shape index (κ1) is 12.2. The van der Waals surface area contributed by atoms with Gasteiger partial charge in [0, 0.05) is 43.5 Å². The largest absolute Gasteiger partial charge is 0.352 e. The van der Waals surface area contributed by atoms with Crippen LogP contribution in [0.15, 0.2) is 6.07 Å². The highest BCUT2D eigenvalue weighted by molar-refractivity contribution is 5.95. The van der Waals surface area contributed by atoms with E-state index < -0.39 is 0 Å². The van der Waals surface area contributed by atoms with E-state index in [1.54, 1.807) is 0 Å². The van der Waals surface area contributed by atoms with Gasteiger partial charge in [-0.1, -0.05) is 0 Å². The minimum atomic E-state index is 0.0599. The summed E-state index contributed by atoms with van der Waals surface area (Å²) >= 11 is 0. The Morgan fingerprint density at radius 3 is 2.71 bits per heavy atom. The van der Waals surface area contributed by atoms with Crippen molar-refractivity contribution in [2.75, 3.05) is 19.6 Å². The summed E-state index contributed by atoms with van der Waals surface area (Å²) in [5.74, 6) is 0.665. The number of carbonyl (C=O) groups excluding carboxylic acids is 1. The molecule has 0 bridgehead atoms. The molecule has 1 aromatic rings. The van der Waals surface area contributed by atoms with E-state index in [9.17, 15) is 4.79 Å². The Bertz CT molecular complexity index is 419. The Morgan fingerprint density at radius 1 is 1.53 bits per heavy atom. The zero-order valence-corrected chi connectivity index (χ0v) is 10.8. The third-order valence-corrected chi connectivity index (χ3v) is 3.55. The van der Waals surface area contributed by atoms with Gasteiger partial charge in [-0.25, -0.2) is 0 Å². The van der Waals surface area contributed by atoms with Crippen LogP contribution < -0.4 is 10.6 Å². The molecule has 94 valence electrons. The van der Waals surface area contributed by atoms with Crippen LogP contribution in [-0.4, -0.2) is 30.1 Å².